The first-order chi connectivity index (χ1) is 10.7. The molecule has 0 bridgehead atoms. The van der Waals surface area contributed by atoms with Crippen molar-refractivity contribution in [3.05, 3.63) is 35.7 Å². The number of nitrogens with zero attached hydrogens (tertiary/aromatic N) is 2. The molecule has 1 aromatic carbocycles. The number of hydrogen-bond donors (Lipinski definition) is 2. The Morgan fingerprint density at radius 2 is 2.09 bits per heavy atom. The average Bonchev–Trinajstić information content (AvgIpc) is 3.02. The molecule has 2 rings (SSSR count). The third kappa shape index (κ3) is 4.66. The van der Waals surface area contributed by atoms with Gasteiger partial charge >= 0.3 is 0 Å². The van der Waals surface area contributed by atoms with E-state index in [0.717, 1.165) is 30.4 Å². The molecular formula is C16H22N4O2. The van der Waals surface area contributed by atoms with E-state index in [1.165, 1.54) is 0 Å². The minimum absolute atomic E-state index is 0.0556. The van der Waals surface area contributed by atoms with Crippen LogP contribution < -0.4 is 11.1 Å². The molecule has 0 atom stereocenters. The Bertz CT molecular complexity index is 592. The normalized spacial score (nSPS) is 10.6. The number of carbonyl (C=O) groups excluding carboxylic acids is 1. The van der Waals surface area contributed by atoms with Crippen LogP contribution in [0.25, 0.3) is 11.5 Å². The van der Waals surface area contributed by atoms with Gasteiger partial charge in [-0.3, -0.25) is 4.79 Å². The maximum absolute atomic E-state index is 11.5. The van der Waals surface area contributed by atoms with Crippen LogP contribution in [0.3, 0.4) is 0 Å². The lowest BCUT2D eigenvalue weighted by Gasteiger charge is -2.05. The number of nitrogens with two attached hydrogens (primary N) is 1. The third-order valence-corrected chi connectivity index (χ3v) is 3.33. The van der Waals surface area contributed by atoms with E-state index in [9.17, 15) is 4.79 Å². The molecule has 22 heavy (non-hydrogen) atoms. The number of carbonyl (C=O) groups is 1. The zero-order chi connectivity index (χ0) is 15.8. The van der Waals surface area contributed by atoms with Crippen LogP contribution in [0, 0.1) is 0 Å². The molecule has 1 heterocycles. The predicted octanol–water partition coefficient (Wildman–Crippen LogP) is 1.70. The Hall–Kier alpha value is -2.21. The van der Waals surface area contributed by atoms with Crippen molar-refractivity contribution in [2.45, 2.75) is 32.6 Å². The van der Waals surface area contributed by atoms with Gasteiger partial charge in [0.1, 0.15) is 0 Å². The number of amides is 1. The van der Waals surface area contributed by atoms with Gasteiger partial charge < -0.3 is 15.6 Å². The minimum atomic E-state index is 0.0556. The number of hydrogen-bond acceptors (Lipinski definition) is 5. The highest BCUT2D eigenvalue weighted by molar-refractivity contribution is 5.75. The predicted molar refractivity (Wildman–Crippen MR) is 84.1 cm³/mol. The number of aryl methyl sites for hydroxylation is 1. The summed E-state index contributed by atoms with van der Waals surface area (Å²) in [5.41, 5.74) is 7.43. The van der Waals surface area contributed by atoms with Crippen LogP contribution >= 0.6 is 0 Å². The van der Waals surface area contributed by atoms with E-state index in [-0.39, 0.29) is 5.91 Å². The maximum atomic E-state index is 11.5. The summed E-state index contributed by atoms with van der Waals surface area (Å²) in [6.07, 6.45) is 2.76. The molecule has 0 saturated heterocycles. The van der Waals surface area contributed by atoms with E-state index >= 15 is 0 Å². The van der Waals surface area contributed by atoms with E-state index in [0.29, 0.717) is 31.2 Å². The van der Waals surface area contributed by atoms with Crippen molar-refractivity contribution in [1.29, 1.82) is 0 Å². The summed E-state index contributed by atoms with van der Waals surface area (Å²) in [6.45, 7) is 3.16. The van der Waals surface area contributed by atoms with Crippen molar-refractivity contribution in [1.82, 2.24) is 15.5 Å². The van der Waals surface area contributed by atoms with Gasteiger partial charge in [0.2, 0.25) is 5.91 Å². The van der Waals surface area contributed by atoms with E-state index in [1.54, 1.807) is 0 Å². The Morgan fingerprint density at radius 1 is 1.32 bits per heavy atom. The van der Waals surface area contributed by atoms with Crippen LogP contribution in [-0.4, -0.2) is 29.1 Å². The summed E-state index contributed by atoms with van der Waals surface area (Å²) in [5, 5.41) is 6.77. The zero-order valence-electron chi connectivity index (χ0n) is 12.8. The van der Waals surface area contributed by atoms with Gasteiger partial charge in [0, 0.05) is 24.9 Å². The van der Waals surface area contributed by atoms with Crippen LogP contribution in [0.4, 0.5) is 0 Å². The molecule has 118 valence electrons. The Kier molecular flexibility index (Phi) is 6.09. The second-order valence-electron chi connectivity index (χ2n) is 5.06. The third-order valence-electron chi connectivity index (χ3n) is 3.33. The lowest BCUT2D eigenvalue weighted by atomic mass is 10.1. The van der Waals surface area contributed by atoms with Crippen molar-refractivity contribution in [3.63, 3.8) is 0 Å². The highest BCUT2D eigenvalue weighted by atomic mass is 16.5. The summed E-state index contributed by atoms with van der Waals surface area (Å²) in [7, 11) is 0. The maximum Gasteiger partial charge on any atom is 0.257 e. The van der Waals surface area contributed by atoms with Crippen LogP contribution in [0.2, 0.25) is 0 Å². The molecule has 0 unspecified atom stereocenters. The van der Waals surface area contributed by atoms with Crippen LogP contribution in [0.5, 0.6) is 0 Å². The van der Waals surface area contributed by atoms with Gasteiger partial charge in [-0.15, -0.1) is 0 Å². The molecule has 0 aliphatic heterocycles. The van der Waals surface area contributed by atoms with E-state index in [1.807, 2.05) is 31.2 Å². The monoisotopic (exact) mass is 302 g/mol. The largest absolute Gasteiger partial charge is 0.356 e. The first-order valence-corrected chi connectivity index (χ1v) is 7.61. The van der Waals surface area contributed by atoms with Crippen molar-refractivity contribution in [2.75, 3.05) is 13.1 Å². The van der Waals surface area contributed by atoms with Gasteiger partial charge in [0.25, 0.3) is 5.89 Å². The summed E-state index contributed by atoms with van der Waals surface area (Å²) in [5.74, 6) is 1.30. The van der Waals surface area contributed by atoms with Gasteiger partial charge in [-0.25, -0.2) is 0 Å². The summed E-state index contributed by atoms with van der Waals surface area (Å²) in [4.78, 5) is 15.8. The smallest absolute Gasteiger partial charge is 0.257 e. The molecule has 6 heteroatoms. The fraction of sp³-hybridized carbons (Fsp3) is 0.438. The second-order valence-corrected chi connectivity index (χ2v) is 5.06. The molecule has 6 nitrogen and oxygen atoms in total. The van der Waals surface area contributed by atoms with Crippen molar-refractivity contribution in [3.8, 4) is 11.5 Å². The highest BCUT2D eigenvalue weighted by Gasteiger charge is 2.07. The molecule has 0 radical (unpaired) electrons. The molecule has 1 amide bonds. The first kappa shape index (κ1) is 16.2. The fourth-order valence-electron chi connectivity index (χ4n) is 2.03. The average molecular weight is 302 g/mol. The lowest BCUT2D eigenvalue weighted by molar-refractivity contribution is -0.121. The van der Waals surface area contributed by atoms with Gasteiger partial charge in [0.15, 0.2) is 5.82 Å². The summed E-state index contributed by atoms with van der Waals surface area (Å²) >= 11 is 0. The molecular weight excluding hydrogens is 280 g/mol. The lowest BCUT2D eigenvalue weighted by Crippen LogP contribution is -2.25. The topological polar surface area (TPSA) is 94.0 Å². The molecule has 3 N–H and O–H groups in total. The molecule has 0 spiro atoms. The standard InChI is InChI=1S/C16H22N4O2/c1-2-14-19-16(22-20-14)13-7-5-12(6-8-13)9-11-18-15(21)4-3-10-17/h5-8H,2-4,9-11,17H2,1H3,(H,18,21). The zero-order valence-corrected chi connectivity index (χ0v) is 12.8. The SMILES string of the molecule is CCc1noc(-c2ccc(CCNC(=O)CCCN)cc2)n1. The number of nitrogens with one attached hydrogen (secondary N) is 1. The number of aromatic nitrogens is 2. The van der Waals surface area contributed by atoms with Crippen molar-refractivity contribution in [2.24, 2.45) is 5.73 Å². The molecule has 1 aromatic heterocycles. The molecule has 0 saturated carbocycles. The highest BCUT2D eigenvalue weighted by Crippen LogP contribution is 2.18. The molecule has 0 aliphatic rings. The van der Waals surface area contributed by atoms with Gasteiger partial charge in [-0.2, -0.15) is 4.98 Å². The summed E-state index contributed by atoms with van der Waals surface area (Å²) in [6, 6.07) is 7.94. The Labute approximate surface area is 130 Å². The van der Waals surface area contributed by atoms with Gasteiger partial charge in [-0.1, -0.05) is 24.2 Å². The molecule has 0 fully saturated rings. The Balaban J connectivity index is 1.83. The van der Waals surface area contributed by atoms with Crippen LogP contribution in [0.15, 0.2) is 28.8 Å². The minimum Gasteiger partial charge on any atom is -0.356 e. The second kappa shape index (κ2) is 8.29. The Morgan fingerprint density at radius 3 is 2.73 bits per heavy atom. The molecule has 2 aromatic rings. The van der Waals surface area contributed by atoms with E-state index in [2.05, 4.69) is 15.5 Å². The van der Waals surface area contributed by atoms with Crippen molar-refractivity contribution >= 4 is 5.91 Å². The quantitative estimate of drug-likeness (QED) is 0.774. The van der Waals surface area contributed by atoms with Crippen LogP contribution in [0.1, 0.15) is 31.2 Å². The first-order valence-electron chi connectivity index (χ1n) is 7.61. The van der Waals surface area contributed by atoms with E-state index in [4.69, 9.17) is 10.3 Å². The number of rotatable bonds is 8. The van der Waals surface area contributed by atoms with Gasteiger partial charge in [-0.05, 0) is 37.1 Å². The van der Waals surface area contributed by atoms with Crippen molar-refractivity contribution < 1.29 is 9.32 Å². The van der Waals surface area contributed by atoms with E-state index < -0.39 is 0 Å². The van der Waals surface area contributed by atoms with Gasteiger partial charge in [0.05, 0.1) is 0 Å². The van der Waals surface area contributed by atoms with Crippen LogP contribution in [-0.2, 0) is 17.6 Å². The molecule has 0 aliphatic carbocycles. The number of benzene rings is 1. The summed E-state index contributed by atoms with van der Waals surface area (Å²) < 4.78 is 5.20. The fourth-order valence-corrected chi connectivity index (χ4v) is 2.03.